The molecule has 0 radical (unpaired) electrons. The average Bonchev–Trinajstić information content (AvgIpc) is 3.13. The third kappa shape index (κ3) is 2.38. The van der Waals surface area contributed by atoms with Crippen molar-refractivity contribution in [1.82, 2.24) is 9.88 Å². The first kappa shape index (κ1) is 16.1. The van der Waals surface area contributed by atoms with E-state index in [2.05, 4.69) is 10.3 Å². The molecule has 0 fully saturated rings. The Hall–Kier alpha value is -3.41. The van der Waals surface area contributed by atoms with Crippen molar-refractivity contribution in [1.29, 1.82) is 0 Å². The summed E-state index contributed by atoms with van der Waals surface area (Å²) in [6.07, 6.45) is 0. The summed E-state index contributed by atoms with van der Waals surface area (Å²) in [6.45, 7) is 3.49. The molecule has 1 atom stereocenters. The van der Waals surface area contributed by atoms with Crippen LogP contribution in [0.5, 0.6) is 0 Å². The number of rotatable bonds is 3. The molecule has 0 saturated carbocycles. The minimum absolute atomic E-state index is 0.334. The number of H-pyrrole nitrogens is 1. The number of imide groups is 1. The molecule has 6 heteroatoms. The van der Waals surface area contributed by atoms with Crippen molar-refractivity contribution < 1.29 is 14.4 Å². The minimum atomic E-state index is -0.919. The number of aromatic amines is 1. The van der Waals surface area contributed by atoms with Crippen molar-refractivity contribution in [2.75, 3.05) is 5.32 Å². The number of hydrogen-bond acceptors (Lipinski definition) is 3. The molecule has 2 heterocycles. The Morgan fingerprint density at radius 3 is 2.35 bits per heavy atom. The zero-order valence-electron chi connectivity index (χ0n) is 14.4. The molecule has 0 saturated heterocycles. The van der Waals surface area contributed by atoms with E-state index in [1.165, 1.54) is 0 Å². The predicted octanol–water partition coefficient (Wildman–Crippen LogP) is 3.10. The van der Waals surface area contributed by atoms with Crippen LogP contribution in [0.2, 0.25) is 0 Å². The number of nitrogens with one attached hydrogen (secondary N) is 2. The number of anilines is 1. The van der Waals surface area contributed by atoms with Crippen molar-refractivity contribution in [2.24, 2.45) is 0 Å². The number of nitrogens with zero attached hydrogens (tertiary/aromatic N) is 1. The molecule has 0 bridgehead atoms. The first-order chi connectivity index (χ1) is 12.5. The molecule has 130 valence electrons. The highest BCUT2D eigenvalue weighted by Crippen LogP contribution is 2.27. The summed E-state index contributed by atoms with van der Waals surface area (Å²) in [5, 5.41) is 3.72. The van der Waals surface area contributed by atoms with Gasteiger partial charge in [0.15, 0.2) is 0 Å². The zero-order chi connectivity index (χ0) is 18.4. The average molecular weight is 347 g/mol. The summed E-state index contributed by atoms with van der Waals surface area (Å²) in [5.74, 6) is -1.29. The van der Waals surface area contributed by atoms with Gasteiger partial charge in [0.1, 0.15) is 6.04 Å². The van der Waals surface area contributed by atoms with Gasteiger partial charge in [-0.05, 0) is 44.2 Å². The van der Waals surface area contributed by atoms with Crippen molar-refractivity contribution in [3.63, 3.8) is 0 Å². The van der Waals surface area contributed by atoms with E-state index in [9.17, 15) is 14.4 Å². The first-order valence-electron chi connectivity index (χ1n) is 8.33. The lowest BCUT2D eigenvalue weighted by Gasteiger charge is -2.21. The Balaban J connectivity index is 1.61. The maximum atomic E-state index is 12.7. The van der Waals surface area contributed by atoms with Crippen LogP contribution in [0.1, 0.15) is 33.3 Å². The highest BCUT2D eigenvalue weighted by molar-refractivity contribution is 6.23. The molecule has 1 unspecified atom stereocenters. The Morgan fingerprint density at radius 2 is 1.69 bits per heavy atom. The Kier molecular flexibility index (Phi) is 3.61. The zero-order valence-corrected chi connectivity index (χ0v) is 14.4. The molecule has 0 aliphatic carbocycles. The maximum absolute atomic E-state index is 12.7. The highest BCUT2D eigenvalue weighted by Gasteiger charge is 2.40. The summed E-state index contributed by atoms with van der Waals surface area (Å²) < 4.78 is 0. The van der Waals surface area contributed by atoms with Crippen molar-refractivity contribution in [3.8, 4) is 0 Å². The van der Waals surface area contributed by atoms with Gasteiger partial charge in [0.2, 0.25) is 5.91 Å². The van der Waals surface area contributed by atoms with E-state index in [4.69, 9.17) is 0 Å². The molecule has 2 N–H and O–H groups in total. The topological polar surface area (TPSA) is 82.3 Å². The van der Waals surface area contributed by atoms with Gasteiger partial charge in [-0.2, -0.15) is 0 Å². The fourth-order valence-electron chi connectivity index (χ4n) is 3.32. The number of amides is 3. The van der Waals surface area contributed by atoms with Gasteiger partial charge in [0, 0.05) is 16.6 Å². The van der Waals surface area contributed by atoms with Crippen LogP contribution in [0.25, 0.3) is 10.9 Å². The second kappa shape index (κ2) is 5.84. The summed E-state index contributed by atoms with van der Waals surface area (Å²) in [5.41, 5.74) is 3.20. The van der Waals surface area contributed by atoms with Crippen LogP contribution < -0.4 is 5.32 Å². The molecular formula is C20H17N3O3. The molecule has 2 aromatic carbocycles. The second-order valence-corrected chi connectivity index (χ2v) is 6.41. The molecule has 3 amide bonds. The molecule has 0 spiro atoms. The predicted molar refractivity (Wildman–Crippen MR) is 98.1 cm³/mol. The van der Waals surface area contributed by atoms with Crippen LogP contribution in [0.4, 0.5) is 5.69 Å². The lowest BCUT2D eigenvalue weighted by Crippen LogP contribution is -2.45. The lowest BCUT2D eigenvalue weighted by atomic mass is 10.1. The molecule has 1 aromatic heterocycles. The molecule has 1 aliphatic heterocycles. The summed E-state index contributed by atoms with van der Waals surface area (Å²) in [4.78, 5) is 42.0. The van der Waals surface area contributed by atoms with Gasteiger partial charge >= 0.3 is 0 Å². The lowest BCUT2D eigenvalue weighted by molar-refractivity contribution is -0.119. The third-order valence-electron chi connectivity index (χ3n) is 4.65. The van der Waals surface area contributed by atoms with Crippen molar-refractivity contribution in [2.45, 2.75) is 19.9 Å². The number of carbonyl (C=O) groups excluding carboxylic acids is 3. The summed E-state index contributed by atoms with van der Waals surface area (Å²) in [6, 6.07) is 13.2. The Morgan fingerprint density at radius 1 is 1.04 bits per heavy atom. The van der Waals surface area contributed by atoms with Crippen LogP contribution in [0, 0.1) is 6.92 Å². The quantitative estimate of drug-likeness (QED) is 0.714. The van der Waals surface area contributed by atoms with Gasteiger partial charge in [-0.3, -0.25) is 19.3 Å². The molecular weight excluding hydrogens is 330 g/mol. The number of benzene rings is 2. The van der Waals surface area contributed by atoms with Crippen LogP contribution in [-0.4, -0.2) is 33.6 Å². The van der Waals surface area contributed by atoms with E-state index < -0.39 is 23.8 Å². The largest absolute Gasteiger partial charge is 0.359 e. The number of hydrogen-bond donors (Lipinski definition) is 2. The van der Waals surface area contributed by atoms with E-state index in [-0.39, 0.29) is 0 Å². The van der Waals surface area contributed by atoms with Crippen LogP contribution in [0.15, 0.2) is 48.5 Å². The Labute approximate surface area is 149 Å². The van der Waals surface area contributed by atoms with Gasteiger partial charge in [-0.1, -0.05) is 18.2 Å². The number of aryl methyl sites for hydroxylation is 1. The van der Waals surface area contributed by atoms with Crippen LogP contribution in [-0.2, 0) is 4.79 Å². The summed E-state index contributed by atoms with van der Waals surface area (Å²) >= 11 is 0. The van der Waals surface area contributed by atoms with Gasteiger partial charge < -0.3 is 10.3 Å². The third-order valence-corrected chi connectivity index (χ3v) is 4.65. The minimum Gasteiger partial charge on any atom is -0.359 e. The molecule has 1 aliphatic rings. The van der Waals surface area contributed by atoms with Crippen LogP contribution in [0.3, 0.4) is 0 Å². The van der Waals surface area contributed by atoms with E-state index in [0.717, 1.165) is 21.5 Å². The van der Waals surface area contributed by atoms with E-state index in [1.54, 1.807) is 37.3 Å². The van der Waals surface area contributed by atoms with Gasteiger partial charge in [-0.25, -0.2) is 0 Å². The number of aromatic nitrogens is 1. The monoisotopic (exact) mass is 347 g/mol. The van der Waals surface area contributed by atoms with Gasteiger partial charge in [-0.15, -0.1) is 0 Å². The number of fused-ring (bicyclic) bond motifs is 2. The van der Waals surface area contributed by atoms with E-state index in [0.29, 0.717) is 16.8 Å². The standard InChI is InChI=1S/C20H17N3O3/c1-11-10-15-16(21-11)8-5-9-17(15)22-18(24)12(2)23-19(25)13-6-3-4-7-14(13)20(23)26/h3-10,12,21H,1-2H3,(H,22,24). The highest BCUT2D eigenvalue weighted by atomic mass is 16.2. The van der Waals surface area contributed by atoms with Crippen molar-refractivity contribution in [3.05, 3.63) is 65.4 Å². The summed E-state index contributed by atoms with van der Waals surface area (Å²) in [7, 11) is 0. The fraction of sp³-hybridized carbons (Fsp3) is 0.150. The molecule has 6 nitrogen and oxygen atoms in total. The van der Waals surface area contributed by atoms with Crippen LogP contribution >= 0.6 is 0 Å². The van der Waals surface area contributed by atoms with Gasteiger partial charge in [0.05, 0.1) is 16.8 Å². The SMILES string of the molecule is Cc1cc2c(NC(=O)C(C)N3C(=O)c4ccccc4C3=O)cccc2[nH]1. The normalized spacial score (nSPS) is 14.6. The maximum Gasteiger partial charge on any atom is 0.262 e. The first-order valence-corrected chi connectivity index (χ1v) is 8.33. The van der Waals surface area contributed by atoms with E-state index in [1.807, 2.05) is 25.1 Å². The molecule has 3 aromatic rings. The number of carbonyl (C=O) groups is 3. The Bertz CT molecular complexity index is 1030. The second-order valence-electron chi connectivity index (χ2n) is 6.41. The van der Waals surface area contributed by atoms with Crippen molar-refractivity contribution >= 4 is 34.3 Å². The molecule has 26 heavy (non-hydrogen) atoms. The van der Waals surface area contributed by atoms with E-state index >= 15 is 0 Å². The van der Waals surface area contributed by atoms with Gasteiger partial charge in [0.25, 0.3) is 11.8 Å². The molecule has 4 rings (SSSR count). The fourth-order valence-corrected chi connectivity index (χ4v) is 3.32. The smallest absolute Gasteiger partial charge is 0.262 e.